The van der Waals surface area contributed by atoms with Gasteiger partial charge in [-0.15, -0.1) is 0 Å². The van der Waals surface area contributed by atoms with Crippen LogP contribution in [0.1, 0.15) is 25.1 Å². The molecule has 1 aliphatic carbocycles. The SMILES string of the molecule is O=c1cccnn1-c1ccc2nc3n(c2c1)CCN(C1CCC1)CC3. The van der Waals surface area contributed by atoms with Gasteiger partial charge in [-0.25, -0.2) is 4.98 Å². The number of aromatic nitrogens is 4. The van der Waals surface area contributed by atoms with Crippen molar-refractivity contribution in [2.24, 2.45) is 0 Å². The standard InChI is InChI=1S/C19H21N5O/c25-19-5-2-9-20-24(19)15-6-7-16-17(13-15)23-12-11-22(14-3-1-4-14)10-8-18(23)21-16/h2,5-7,9,13-14H,1,3-4,8,10-12H2. The lowest BCUT2D eigenvalue weighted by Gasteiger charge is -2.36. The number of imidazole rings is 1. The van der Waals surface area contributed by atoms with E-state index in [0.29, 0.717) is 0 Å². The van der Waals surface area contributed by atoms with Gasteiger partial charge in [0, 0.05) is 44.4 Å². The number of rotatable bonds is 2. The van der Waals surface area contributed by atoms with Gasteiger partial charge in [0.15, 0.2) is 0 Å². The Labute approximate surface area is 145 Å². The fourth-order valence-corrected chi connectivity index (χ4v) is 3.99. The molecule has 6 heteroatoms. The summed E-state index contributed by atoms with van der Waals surface area (Å²) in [5, 5.41) is 4.19. The minimum atomic E-state index is -0.117. The molecule has 0 spiro atoms. The Balaban J connectivity index is 1.54. The highest BCUT2D eigenvalue weighted by molar-refractivity contribution is 5.78. The molecule has 6 nitrogen and oxygen atoms in total. The monoisotopic (exact) mass is 335 g/mol. The van der Waals surface area contributed by atoms with Crippen molar-refractivity contribution in [2.45, 2.75) is 38.3 Å². The Bertz CT molecular complexity index is 985. The summed E-state index contributed by atoms with van der Waals surface area (Å²) in [4.78, 5) is 19.5. The first-order chi connectivity index (χ1) is 12.3. The molecule has 2 aromatic heterocycles. The smallest absolute Gasteiger partial charge is 0.271 e. The second-order valence-electron chi connectivity index (χ2n) is 7.00. The fourth-order valence-electron chi connectivity index (χ4n) is 3.99. The zero-order valence-corrected chi connectivity index (χ0v) is 14.1. The van der Waals surface area contributed by atoms with Gasteiger partial charge in [-0.1, -0.05) is 6.42 Å². The van der Waals surface area contributed by atoms with E-state index in [9.17, 15) is 4.79 Å². The second kappa shape index (κ2) is 5.81. The summed E-state index contributed by atoms with van der Waals surface area (Å²) in [6.45, 7) is 3.14. The summed E-state index contributed by atoms with van der Waals surface area (Å²) in [5.41, 5.74) is 2.77. The van der Waals surface area contributed by atoms with Crippen molar-refractivity contribution in [3.63, 3.8) is 0 Å². The van der Waals surface area contributed by atoms with Crippen LogP contribution in [0, 0.1) is 0 Å². The maximum Gasteiger partial charge on any atom is 0.271 e. The number of nitrogens with zero attached hydrogens (tertiary/aromatic N) is 5. The summed E-state index contributed by atoms with van der Waals surface area (Å²) in [6.07, 6.45) is 6.69. The van der Waals surface area contributed by atoms with E-state index in [2.05, 4.69) is 14.6 Å². The summed E-state index contributed by atoms with van der Waals surface area (Å²) in [5.74, 6) is 1.15. The van der Waals surface area contributed by atoms with Gasteiger partial charge in [0.05, 0.1) is 16.7 Å². The number of fused-ring (bicyclic) bond motifs is 3. The third kappa shape index (κ3) is 2.48. The molecule has 1 fully saturated rings. The lowest BCUT2D eigenvalue weighted by molar-refractivity contribution is 0.130. The van der Waals surface area contributed by atoms with Gasteiger partial charge in [-0.3, -0.25) is 9.69 Å². The van der Waals surface area contributed by atoms with Crippen molar-refractivity contribution >= 4 is 11.0 Å². The van der Waals surface area contributed by atoms with Crippen LogP contribution in [-0.2, 0) is 13.0 Å². The van der Waals surface area contributed by atoms with Crippen LogP contribution in [0.3, 0.4) is 0 Å². The maximum absolute atomic E-state index is 12.1. The van der Waals surface area contributed by atoms with Gasteiger partial charge in [0.25, 0.3) is 5.56 Å². The highest BCUT2D eigenvalue weighted by Gasteiger charge is 2.27. The first kappa shape index (κ1) is 14.8. The third-order valence-corrected chi connectivity index (χ3v) is 5.60. The van der Waals surface area contributed by atoms with E-state index in [4.69, 9.17) is 4.98 Å². The van der Waals surface area contributed by atoms with Crippen LogP contribution >= 0.6 is 0 Å². The highest BCUT2D eigenvalue weighted by Crippen LogP contribution is 2.27. The van der Waals surface area contributed by atoms with Crippen LogP contribution in [0.5, 0.6) is 0 Å². The minimum absolute atomic E-state index is 0.117. The minimum Gasteiger partial charge on any atom is -0.327 e. The molecule has 0 radical (unpaired) electrons. The highest BCUT2D eigenvalue weighted by atomic mass is 16.1. The predicted octanol–water partition coefficient (Wildman–Crippen LogP) is 1.99. The molecule has 1 aromatic carbocycles. The largest absolute Gasteiger partial charge is 0.327 e. The molecular weight excluding hydrogens is 314 g/mol. The zero-order valence-electron chi connectivity index (χ0n) is 14.1. The van der Waals surface area contributed by atoms with Crippen molar-refractivity contribution < 1.29 is 0 Å². The molecule has 1 aliphatic heterocycles. The Morgan fingerprint density at radius 2 is 2.00 bits per heavy atom. The number of hydrogen-bond donors (Lipinski definition) is 0. The van der Waals surface area contributed by atoms with Crippen molar-refractivity contribution in [3.05, 3.63) is 52.7 Å². The van der Waals surface area contributed by atoms with Gasteiger partial charge in [-0.05, 0) is 37.1 Å². The van der Waals surface area contributed by atoms with Gasteiger partial charge < -0.3 is 4.57 Å². The molecule has 0 atom stereocenters. The summed E-state index contributed by atoms with van der Waals surface area (Å²) >= 11 is 0. The Hall–Kier alpha value is -2.47. The number of hydrogen-bond acceptors (Lipinski definition) is 4. The number of benzene rings is 1. The van der Waals surface area contributed by atoms with E-state index < -0.39 is 0 Å². The van der Waals surface area contributed by atoms with E-state index in [0.717, 1.165) is 54.6 Å². The molecule has 3 aromatic rings. The van der Waals surface area contributed by atoms with Gasteiger partial charge in [-0.2, -0.15) is 9.78 Å². The summed E-state index contributed by atoms with van der Waals surface area (Å²) < 4.78 is 3.77. The summed E-state index contributed by atoms with van der Waals surface area (Å²) in [6, 6.07) is 9.93. The molecule has 3 heterocycles. The molecule has 0 unspecified atom stereocenters. The van der Waals surface area contributed by atoms with Crippen LogP contribution in [0.4, 0.5) is 0 Å². The predicted molar refractivity (Wildman–Crippen MR) is 96.0 cm³/mol. The topological polar surface area (TPSA) is 56.0 Å². The first-order valence-corrected chi connectivity index (χ1v) is 9.07. The average Bonchev–Trinajstić information content (AvgIpc) is 2.80. The molecule has 5 rings (SSSR count). The fraction of sp³-hybridized carbons (Fsp3) is 0.421. The van der Waals surface area contributed by atoms with Crippen LogP contribution in [-0.4, -0.2) is 43.4 Å². The molecule has 25 heavy (non-hydrogen) atoms. The Morgan fingerprint density at radius 1 is 1.08 bits per heavy atom. The zero-order chi connectivity index (χ0) is 16.8. The van der Waals surface area contributed by atoms with E-state index in [1.54, 1.807) is 12.3 Å². The van der Waals surface area contributed by atoms with Crippen LogP contribution in [0.2, 0.25) is 0 Å². The molecule has 0 amide bonds. The van der Waals surface area contributed by atoms with Crippen molar-refractivity contribution in [3.8, 4) is 5.69 Å². The van der Waals surface area contributed by atoms with E-state index >= 15 is 0 Å². The lowest BCUT2D eigenvalue weighted by Crippen LogP contribution is -2.41. The van der Waals surface area contributed by atoms with Crippen molar-refractivity contribution in [2.75, 3.05) is 13.1 Å². The maximum atomic E-state index is 12.1. The summed E-state index contributed by atoms with van der Waals surface area (Å²) in [7, 11) is 0. The van der Waals surface area contributed by atoms with E-state index in [1.165, 1.54) is 30.0 Å². The molecule has 128 valence electrons. The van der Waals surface area contributed by atoms with Gasteiger partial charge >= 0.3 is 0 Å². The third-order valence-electron chi connectivity index (χ3n) is 5.60. The normalized spacial score (nSPS) is 18.7. The van der Waals surface area contributed by atoms with Crippen LogP contribution < -0.4 is 5.56 Å². The quantitative estimate of drug-likeness (QED) is 0.719. The molecule has 0 N–H and O–H groups in total. The van der Waals surface area contributed by atoms with Crippen LogP contribution in [0.15, 0.2) is 41.3 Å². The van der Waals surface area contributed by atoms with Gasteiger partial charge in [0.2, 0.25) is 0 Å². The van der Waals surface area contributed by atoms with Gasteiger partial charge in [0.1, 0.15) is 5.82 Å². The molecule has 0 saturated heterocycles. The lowest BCUT2D eigenvalue weighted by atomic mass is 9.91. The molecule has 1 saturated carbocycles. The molecule has 2 aliphatic rings. The molecule has 0 bridgehead atoms. The first-order valence-electron chi connectivity index (χ1n) is 9.07. The average molecular weight is 335 g/mol. The van der Waals surface area contributed by atoms with Crippen LogP contribution in [0.25, 0.3) is 16.7 Å². The Kier molecular flexibility index (Phi) is 3.45. The van der Waals surface area contributed by atoms with E-state index in [1.807, 2.05) is 18.2 Å². The second-order valence-corrected chi connectivity index (χ2v) is 7.00. The molecular formula is C19H21N5O. The van der Waals surface area contributed by atoms with E-state index in [-0.39, 0.29) is 5.56 Å². The Morgan fingerprint density at radius 3 is 2.80 bits per heavy atom. The van der Waals surface area contributed by atoms with Crippen molar-refractivity contribution in [1.29, 1.82) is 0 Å². The van der Waals surface area contributed by atoms with Crippen molar-refractivity contribution in [1.82, 2.24) is 24.2 Å².